The van der Waals surface area contributed by atoms with Gasteiger partial charge in [-0.3, -0.25) is 5.21 Å². The van der Waals surface area contributed by atoms with Gasteiger partial charge in [-0.15, -0.1) is 0 Å². The van der Waals surface area contributed by atoms with Gasteiger partial charge in [0.1, 0.15) is 17.3 Å². The van der Waals surface area contributed by atoms with Gasteiger partial charge in [0.05, 0.1) is 6.54 Å². The molecule has 1 aliphatic carbocycles. The lowest BCUT2D eigenvalue weighted by atomic mass is 10.2. The highest BCUT2D eigenvalue weighted by atomic mass is 19.1. The van der Waals surface area contributed by atoms with E-state index in [0.29, 0.717) is 16.8 Å². The van der Waals surface area contributed by atoms with Crippen molar-refractivity contribution in [3.05, 3.63) is 48.0 Å². The second-order valence-corrected chi connectivity index (χ2v) is 5.24. The van der Waals surface area contributed by atoms with E-state index in [0.717, 1.165) is 12.2 Å². The number of carbonyl (C=O) groups is 1. The van der Waals surface area contributed by atoms with Crippen LogP contribution in [0.1, 0.15) is 18.1 Å². The molecule has 0 aliphatic heterocycles. The summed E-state index contributed by atoms with van der Waals surface area (Å²) < 4.78 is 23.9. The summed E-state index contributed by atoms with van der Waals surface area (Å²) in [6, 6.07) is 8.22. The molecule has 1 aliphatic rings. The lowest BCUT2D eigenvalue weighted by Crippen LogP contribution is -2.34. The molecule has 2 aromatic rings. The molecule has 1 aromatic heterocycles. The van der Waals surface area contributed by atoms with E-state index in [4.69, 9.17) is 14.9 Å². The van der Waals surface area contributed by atoms with Gasteiger partial charge in [-0.25, -0.2) is 14.2 Å². The second-order valence-electron chi connectivity index (χ2n) is 5.24. The molecular weight excluding hydrogens is 291 g/mol. The Morgan fingerprint density at radius 1 is 1.36 bits per heavy atom. The van der Waals surface area contributed by atoms with Crippen molar-refractivity contribution >= 4 is 6.03 Å². The second kappa shape index (κ2) is 5.69. The summed E-state index contributed by atoms with van der Waals surface area (Å²) in [5.41, 5.74) is 4.96. The molecule has 0 saturated heterocycles. The number of hydroxylamine groups is 2. The van der Waals surface area contributed by atoms with E-state index in [2.05, 4.69) is 0 Å². The Labute approximate surface area is 125 Å². The van der Waals surface area contributed by atoms with Crippen molar-refractivity contribution in [3.63, 3.8) is 0 Å². The summed E-state index contributed by atoms with van der Waals surface area (Å²) in [7, 11) is 0. The van der Waals surface area contributed by atoms with E-state index >= 15 is 0 Å². The molecule has 7 heteroatoms. The number of primary amides is 1. The molecule has 1 saturated carbocycles. The molecule has 3 rings (SSSR count). The SMILES string of the molecule is NC(=O)N(O)C[C@@H]1C[C@H]1c1ccc(Oc2ccc(F)cc2)o1. The number of nitrogens with zero attached hydrogens (tertiary/aromatic N) is 1. The van der Waals surface area contributed by atoms with Gasteiger partial charge in [-0.1, -0.05) is 0 Å². The number of carbonyl (C=O) groups excluding carboxylic acids is 1. The summed E-state index contributed by atoms with van der Waals surface area (Å²) in [6.07, 6.45) is 0.799. The largest absolute Gasteiger partial charge is 0.430 e. The van der Waals surface area contributed by atoms with Crippen molar-refractivity contribution in [2.75, 3.05) is 6.54 Å². The standard InChI is InChI=1S/C15H15FN2O4/c16-10-1-3-11(4-2-10)21-14-6-5-13(22-14)12-7-9(12)8-18(20)15(17)19/h1-6,9,12,20H,7-8H2,(H2,17,19)/t9-,12+/m0/s1. The Kier molecular flexibility index (Phi) is 3.72. The number of ether oxygens (including phenoxy) is 1. The first-order chi connectivity index (χ1) is 10.5. The van der Waals surface area contributed by atoms with Crippen molar-refractivity contribution < 1.29 is 23.5 Å². The van der Waals surface area contributed by atoms with Gasteiger partial charge < -0.3 is 14.9 Å². The van der Waals surface area contributed by atoms with Gasteiger partial charge in [0.15, 0.2) is 0 Å². The molecule has 1 heterocycles. The Balaban J connectivity index is 1.58. The molecule has 0 radical (unpaired) electrons. The van der Waals surface area contributed by atoms with Crippen molar-refractivity contribution in [1.29, 1.82) is 0 Å². The summed E-state index contributed by atoms with van der Waals surface area (Å²) in [4.78, 5) is 10.8. The quantitative estimate of drug-likeness (QED) is 0.656. The van der Waals surface area contributed by atoms with Crippen LogP contribution in [-0.2, 0) is 0 Å². The van der Waals surface area contributed by atoms with E-state index in [1.54, 1.807) is 12.1 Å². The van der Waals surface area contributed by atoms with Crippen LogP contribution < -0.4 is 10.5 Å². The molecule has 2 amide bonds. The molecule has 1 fully saturated rings. The monoisotopic (exact) mass is 306 g/mol. The van der Waals surface area contributed by atoms with Crippen LogP contribution in [-0.4, -0.2) is 22.8 Å². The smallest absolute Gasteiger partial charge is 0.338 e. The first kappa shape index (κ1) is 14.4. The Morgan fingerprint density at radius 3 is 2.77 bits per heavy atom. The van der Waals surface area contributed by atoms with E-state index in [1.807, 2.05) is 0 Å². The highest BCUT2D eigenvalue weighted by molar-refractivity contribution is 5.70. The molecule has 116 valence electrons. The van der Waals surface area contributed by atoms with E-state index < -0.39 is 6.03 Å². The number of rotatable bonds is 5. The number of urea groups is 1. The molecule has 3 N–H and O–H groups in total. The van der Waals surface area contributed by atoms with Gasteiger partial charge in [0.25, 0.3) is 5.95 Å². The zero-order valence-corrected chi connectivity index (χ0v) is 11.6. The minimum atomic E-state index is -0.870. The van der Waals surface area contributed by atoms with Crippen LogP contribution in [0.3, 0.4) is 0 Å². The van der Waals surface area contributed by atoms with Crippen LogP contribution in [0, 0.1) is 11.7 Å². The first-order valence-corrected chi connectivity index (χ1v) is 6.82. The van der Waals surface area contributed by atoms with Gasteiger partial charge in [-0.05, 0) is 42.7 Å². The minimum absolute atomic E-state index is 0.113. The lowest BCUT2D eigenvalue weighted by Gasteiger charge is -2.10. The minimum Gasteiger partial charge on any atom is -0.430 e. The predicted octanol–water partition coefficient (Wildman–Crippen LogP) is 3.08. The summed E-state index contributed by atoms with van der Waals surface area (Å²) in [6.45, 7) is 0.175. The number of amides is 2. The Hall–Kier alpha value is -2.54. The average molecular weight is 306 g/mol. The zero-order chi connectivity index (χ0) is 15.7. The van der Waals surface area contributed by atoms with Crippen LogP contribution in [0.5, 0.6) is 11.7 Å². The van der Waals surface area contributed by atoms with Crippen LogP contribution in [0.2, 0.25) is 0 Å². The third-order valence-electron chi connectivity index (χ3n) is 3.58. The first-order valence-electron chi connectivity index (χ1n) is 6.82. The van der Waals surface area contributed by atoms with Crippen molar-refractivity contribution in [2.45, 2.75) is 12.3 Å². The number of halogens is 1. The fraction of sp³-hybridized carbons (Fsp3) is 0.267. The molecule has 0 unspecified atom stereocenters. The van der Waals surface area contributed by atoms with Gasteiger partial charge in [-0.2, -0.15) is 0 Å². The van der Waals surface area contributed by atoms with Crippen LogP contribution in [0.25, 0.3) is 0 Å². The number of hydrogen-bond donors (Lipinski definition) is 2. The Bertz CT molecular complexity index is 670. The third-order valence-corrected chi connectivity index (χ3v) is 3.58. The van der Waals surface area contributed by atoms with E-state index in [-0.39, 0.29) is 24.2 Å². The Morgan fingerprint density at radius 2 is 2.09 bits per heavy atom. The fourth-order valence-electron chi connectivity index (χ4n) is 2.32. The summed E-state index contributed by atoms with van der Waals surface area (Å²) in [5.74, 6) is 1.41. The molecular formula is C15H15FN2O4. The number of benzene rings is 1. The zero-order valence-electron chi connectivity index (χ0n) is 11.6. The summed E-state index contributed by atoms with van der Waals surface area (Å²) >= 11 is 0. The molecule has 6 nitrogen and oxygen atoms in total. The molecule has 2 atom stereocenters. The number of furan rings is 1. The highest BCUT2D eigenvalue weighted by Gasteiger charge is 2.42. The molecule has 1 aromatic carbocycles. The average Bonchev–Trinajstić information content (AvgIpc) is 3.09. The van der Waals surface area contributed by atoms with Crippen molar-refractivity contribution in [3.8, 4) is 11.7 Å². The van der Waals surface area contributed by atoms with Gasteiger partial charge in [0.2, 0.25) is 0 Å². The fourth-order valence-corrected chi connectivity index (χ4v) is 2.32. The third kappa shape index (κ3) is 3.20. The maximum Gasteiger partial charge on any atom is 0.338 e. The van der Waals surface area contributed by atoms with Crippen LogP contribution in [0.15, 0.2) is 40.8 Å². The number of nitrogens with two attached hydrogens (primary N) is 1. The number of hydrogen-bond acceptors (Lipinski definition) is 4. The lowest BCUT2D eigenvalue weighted by molar-refractivity contribution is -0.0433. The topological polar surface area (TPSA) is 88.9 Å². The van der Waals surface area contributed by atoms with Crippen molar-refractivity contribution in [1.82, 2.24) is 5.06 Å². The molecule has 0 spiro atoms. The van der Waals surface area contributed by atoms with E-state index in [9.17, 15) is 14.4 Å². The van der Waals surface area contributed by atoms with Crippen LogP contribution >= 0.6 is 0 Å². The highest BCUT2D eigenvalue weighted by Crippen LogP contribution is 2.49. The maximum absolute atomic E-state index is 12.8. The maximum atomic E-state index is 12.8. The molecule has 22 heavy (non-hydrogen) atoms. The predicted molar refractivity (Wildman–Crippen MR) is 74.1 cm³/mol. The molecule has 0 bridgehead atoms. The van der Waals surface area contributed by atoms with Gasteiger partial charge in [0, 0.05) is 12.0 Å². The summed E-state index contributed by atoms with van der Waals surface area (Å²) in [5, 5.41) is 9.80. The van der Waals surface area contributed by atoms with Gasteiger partial charge >= 0.3 is 6.03 Å². The van der Waals surface area contributed by atoms with Crippen molar-refractivity contribution in [2.24, 2.45) is 11.7 Å². The van der Waals surface area contributed by atoms with Crippen LogP contribution in [0.4, 0.5) is 9.18 Å². The normalized spacial score (nSPS) is 19.7. The van der Waals surface area contributed by atoms with E-state index in [1.165, 1.54) is 24.3 Å².